The lowest BCUT2D eigenvalue weighted by Crippen LogP contribution is -2.25. The molecule has 2 N–H and O–H groups in total. The number of benzene rings is 2. The van der Waals surface area contributed by atoms with Crippen molar-refractivity contribution in [3.63, 3.8) is 0 Å². The number of nitrogens with zero attached hydrogens (tertiary/aromatic N) is 1. The van der Waals surface area contributed by atoms with Gasteiger partial charge in [-0.15, -0.1) is 0 Å². The standard InChI is InChI=1S/C18H19N3O/c1-15-7-5-11-17(13-15)19-14-18(22)21-20-12-6-10-16-8-3-2-4-9-16/h2-13,19H,14H2,1H3,(H,21,22)/b10-6+,20-12+. The highest BCUT2D eigenvalue weighted by molar-refractivity contribution is 5.83. The summed E-state index contributed by atoms with van der Waals surface area (Å²) in [6.45, 7) is 2.19. The highest BCUT2D eigenvalue weighted by Gasteiger charge is 1.98. The Kier molecular flexibility index (Phi) is 5.93. The fourth-order valence-electron chi connectivity index (χ4n) is 1.85. The van der Waals surface area contributed by atoms with Gasteiger partial charge in [-0.2, -0.15) is 5.10 Å². The number of hydrogen-bond donors (Lipinski definition) is 2. The zero-order chi connectivity index (χ0) is 15.6. The molecule has 0 atom stereocenters. The van der Waals surface area contributed by atoms with Crippen molar-refractivity contribution in [1.82, 2.24) is 5.43 Å². The summed E-state index contributed by atoms with van der Waals surface area (Å²) < 4.78 is 0. The van der Waals surface area contributed by atoms with E-state index in [1.807, 2.05) is 67.6 Å². The fraction of sp³-hybridized carbons (Fsp3) is 0.111. The minimum absolute atomic E-state index is 0.184. The van der Waals surface area contributed by atoms with Crippen LogP contribution in [0.25, 0.3) is 6.08 Å². The van der Waals surface area contributed by atoms with Crippen LogP contribution in [0.1, 0.15) is 11.1 Å². The molecule has 0 saturated heterocycles. The number of hydrogen-bond acceptors (Lipinski definition) is 3. The molecule has 0 aliphatic carbocycles. The second-order valence-corrected chi connectivity index (χ2v) is 4.81. The Morgan fingerprint density at radius 1 is 1.14 bits per heavy atom. The third-order valence-electron chi connectivity index (χ3n) is 2.91. The average Bonchev–Trinajstić information content (AvgIpc) is 2.54. The number of carbonyl (C=O) groups is 1. The molecule has 0 spiro atoms. The number of carbonyl (C=O) groups excluding carboxylic acids is 1. The summed E-state index contributed by atoms with van der Waals surface area (Å²) in [6.07, 6.45) is 5.25. The number of aryl methyl sites for hydroxylation is 1. The first-order valence-electron chi connectivity index (χ1n) is 7.08. The van der Waals surface area contributed by atoms with Crippen LogP contribution in [0.2, 0.25) is 0 Å². The van der Waals surface area contributed by atoms with Crippen LogP contribution in [0, 0.1) is 6.92 Å². The SMILES string of the molecule is Cc1cccc(NCC(=O)N/N=C/C=C/c2ccccc2)c1. The van der Waals surface area contributed by atoms with E-state index in [9.17, 15) is 4.79 Å². The predicted octanol–water partition coefficient (Wildman–Crippen LogP) is 3.22. The maximum atomic E-state index is 11.6. The molecule has 112 valence electrons. The molecule has 22 heavy (non-hydrogen) atoms. The van der Waals surface area contributed by atoms with Gasteiger partial charge in [0.2, 0.25) is 0 Å². The van der Waals surface area contributed by atoms with Gasteiger partial charge in [0, 0.05) is 11.9 Å². The molecule has 2 aromatic carbocycles. The number of amides is 1. The maximum Gasteiger partial charge on any atom is 0.259 e. The second kappa shape index (κ2) is 8.42. The minimum atomic E-state index is -0.189. The van der Waals surface area contributed by atoms with E-state index in [0.29, 0.717) is 0 Å². The van der Waals surface area contributed by atoms with E-state index in [1.165, 1.54) is 0 Å². The Bertz CT molecular complexity index is 663. The lowest BCUT2D eigenvalue weighted by Gasteiger charge is -2.05. The van der Waals surface area contributed by atoms with Crippen LogP contribution in [-0.4, -0.2) is 18.7 Å². The Balaban J connectivity index is 1.71. The number of allylic oxidation sites excluding steroid dienone is 1. The summed E-state index contributed by atoms with van der Waals surface area (Å²) >= 11 is 0. The van der Waals surface area contributed by atoms with Crippen molar-refractivity contribution in [3.05, 3.63) is 71.8 Å². The molecule has 0 radical (unpaired) electrons. The first-order chi connectivity index (χ1) is 10.7. The fourth-order valence-corrected chi connectivity index (χ4v) is 1.85. The van der Waals surface area contributed by atoms with Gasteiger partial charge in [-0.05, 0) is 36.3 Å². The van der Waals surface area contributed by atoms with Crippen molar-refractivity contribution in [2.24, 2.45) is 5.10 Å². The molecule has 0 aliphatic rings. The minimum Gasteiger partial charge on any atom is -0.376 e. The highest BCUT2D eigenvalue weighted by atomic mass is 16.2. The molecular weight excluding hydrogens is 274 g/mol. The second-order valence-electron chi connectivity index (χ2n) is 4.81. The van der Waals surface area contributed by atoms with Crippen LogP contribution >= 0.6 is 0 Å². The van der Waals surface area contributed by atoms with Gasteiger partial charge in [0.1, 0.15) is 0 Å². The molecule has 0 fully saturated rings. The quantitative estimate of drug-likeness (QED) is 0.634. The number of anilines is 1. The highest BCUT2D eigenvalue weighted by Crippen LogP contribution is 2.08. The van der Waals surface area contributed by atoms with Gasteiger partial charge < -0.3 is 5.32 Å². The van der Waals surface area contributed by atoms with E-state index in [0.717, 1.165) is 16.8 Å². The zero-order valence-corrected chi connectivity index (χ0v) is 12.5. The van der Waals surface area contributed by atoms with Crippen LogP contribution in [0.4, 0.5) is 5.69 Å². The first-order valence-corrected chi connectivity index (χ1v) is 7.08. The number of hydrazone groups is 1. The monoisotopic (exact) mass is 293 g/mol. The molecule has 0 aliphatic heterocycles. The van der Waals surface area contributed by atoms with E-state index in [4.69, 9.17) is 0 Å². The van der Waals surface area contributed by atoms with E-state index in [1.54, 1.807) is 12.3 Å². The molecule has 0 heterocycles. The molecule has 0 bridgehead atoms. The molecular formula is C18H19N3O. The summed E-state index contributed by atoms with van der Waals surface area (Å²) in [6, 6.07) is 17.8. The molecule has 0 unspecified atom stereocenters. The molecule has 0 saturated carbocycles. The molecule has 4 heteroatoms. The van der Waals surface area contributed by atoms with Gasteiger partial charge in [-0.3, -0.25) is 4.79 Å². The Hall–Kier alpha value is -2.88. The number of nitrogens with one attached hydrogen (secondary N) is 2. The van der Waals surface area contributed by atoms with Gasteiger partial charge >= 0.3 is 0 Å². The summed E-state index contributed by atoms with van der Waals surface area (Å²) in [5, 5.41) is 6.91. The summed E-state index contributed by atoms with van der Waals surface area (Å²) in [7, 11) is 0. The van der Waals surface area contributed by atoms with E-state index >= 15 is 0 Å². The average molecular weight is 293 g/mol. The first kappa shape index (κ1) is 15.5. The molecule has 2 aromatic rings. The van der Waals surface area contributed by atoms with E-state index < -0.39 is 0 Å². The molecule has 0 aromatic heterocycles. The van der Waals surface area contributed by atoms with Crippen molar-refractivity contribution in [2.45, 2.75) is 6.92 Å². The topological polar surface area (TPSA) is 53.5 Å². The van der Waals surface area contributed by atoms with E-state index in [2.05, 4.69) is 15.8 Å². The van der Waals surface area contributed by atoms with Crippen molar-refractivity contribution in [3.8, 4) is 0 Å². The van der Waals surface area contributed by atoms with Gasteiger partial charge in [0.15, 0.2) is 0 Å². The van der Waals surface area contributed by atoms with Crippen molar-refractivity contribution in [2.75, 3.05) is 11.9 Å². The third-order valence-corrected chi connectivity index (χ3v) is 2.91. The summed E-state index contributed by atoms with van der Waals surface area (Å²) in [4.78, 5) is 11.6. The van der Waals surface area contributed by atoms with Gasteiger partial charge in [-0.1, -0.05) is 48.5 Å². The molecule has 4 nitrogen and oxygen atoms in total. The maximum absolute atomic E-state index is 11.6. The summed E-state index contributed by atoms with van der Waals surface area (Å²) in [5.41, 5.74) is 5.62. The lowest BCUT2D eigenvalue weighted by molar-refractivity contribution is -0.119. The Labute approximate surface area is 130 Å². The smallest absolute Gasteiger partial charge is 0.259 e. The van der Waals surface area contributed by atoms with Crippen LogP contribution in [0.5, 0.6) is 0 Å². The van der Waals surface area contributed by atoms with Crippen molar-refractivity contribution < 1.29 is 4.79 Å². The predicted molar refractivity (Wildman–Crippen MR) is 91.8 cm³/mol. The van der Waals surface area contributed by atoms with Crippen molar-refractivity contribution in [1.29, 1.82) is 0 Å². The van der Waals surface area contributed by atoms with Crippen LogP contribution in [0.15, 0.2) is 65.8 Å². The Morgan fingerprint density at radius 3 is 2.73 bits per heavy atom. The van der Waals surface area contributed by atoms with Crippen molar-refractivity contribution >= 4 is 23.9 Å². The van der Waals surface area contributed by atoms with Gasteiger partial charge in [-0.25, -0.2) is 5.43 Å². The van der Waals surface area contributed by atoms with E-state index in [-0.39, 0.29) is 12.5 Å². The zero-order valence-electron chi connectivity index (χ0n) is 12.5. The third kappa shape index (κ3) is 5.63. The molecule has 2 rings (SSSR count). The Morgan fingerprint density at radius 2 is 1.95 bits per heavy atom. The van der Waals surface area contributed by atoms with Gasteiger partial charge in [0.05, 0.1) is 6.54 Å². The summed E-state index contributed by atoms with van der Waals surface area (Å²) in [5.74, 6) is -0.189. The van der Waals surface area contributed by atoms with Crippen LogP contribution in [0.3, 0.4) is 0 Å². The molecule has 1 amide bonds. The largest absolute Gasteiger partial charge is 0.376 e. The lowest BCUT2D eigenvalue weighted by atomic mass is 10.2. The normalized spacial score (nSPS) is 11.0. The van der Waals surface area contributed by atoms with Crippen LogP contribution in [-0.2, 0) is 4.79 Å². The van der Waals surface area contributed by atoms with Gasteiger partial charge in [0.25, 0.3) is 5.91 Å². The van der Waals surface area contributed by atoms with Crippen LogP contribution < -0.4 is 10.7 Å². The number of rotatable bonds is 6.